The standard InChI is InChI=1S/C16H13F2N3O2S/c1-9(10-2-3-12(17)13(18)6-10)20-15(22)8-21-16(23)11-4-5-24-14(11)7-19-21/h2-7,9H,8H2,1H3,(H,20,22)/t9-/m0/s1. The molecule has 3 rings (SSSR count). The van der Waals surface area contributed by atoms with Crippen LogP contribution in [0.15, 0.2) is 40.6 Å². The third-order valence-electron chi connectivity index (χ3n) is 3.59. The number of hydrogen-bond donors (Lipinski definition) is 1. The molecular formula is C16H13F2N3O2S. The van der Waals surface area contributed by atoms with Gasteiger partial charge in [-0.1, -0.05) is 6.07 Å². The van der Waals surface area contributed by atoms with Gasteiger partial charge in [-0.3, -0.25) is 9.59 Å². The average molecular weight is 349 g/mol. The van der Waals surface area contributed by atoms with Gasteiger partial charge < -0.3 is 5.32 Å². The van der Waals surface area contributed by atoms with Crippen LogP contribution in [-0.2, 0) is 11.3 Å². The average Bonchev–Trinajstić information content (AvgIpc) is 3.02. The number of nitrogens with zero attached hydrogens (tertiary/aromatic N) is 2. The number of carbonyl (C=O) groups excluding carboxylic acids is 1. The zero-order valence-electron chi connectivity index (χ0n) is 12.6. The molecule has 0 spiro atoms. The third kappa shape index (κ3) is 3.18. The van der Waals surface area contributed by atoms with Gasteiger partial charge in [0, 0.05) is 0 Å². The predicted octanol–water partition coefficient (Wildman–Crippen LogP) is 2.61. The van der Waals surface area contributed by atoms with E-state index in [1.165, 1.54) is 23.6 Å². The molecule has 0 aliphatic rings. The fourth-order valence-corrected chi connectivity index (χ4v) is 3.05. The first-order chi connectivity index (χ1) is 11.5. The normalized spacial score (nSPS) is 12.3. The molecule has 0 unspecified atom stereocenters. The lowest BCUT2D eigenvalue weighted by Crippen LogP contribution is -2.34. The zero-order valence-corrected chi connectivity index (χ0v) is 13.4. The number of fused-ring (bicyclic) bond motifs is 1. The van der Waals surface area contributed by atoms with Crippen molar-refractivity contribution in [3.8, 4) is 0 Å². The fraction of sp³-hybridized carbons (Fsp3) is 0.188. The quantitative estimate of drug-likeness (QED) is 0.787. The Morgan fingerprint density at radius 1 is 1.33 bits per heavy atom. The van der Waals surface area contributed by atoms with Gasteiger partial charge in [-0.25, -0.2) is 13.5 Å². The predicted molar refractivity (Wildman–Crippen MR) is 86.8 cm³/mol. The summed E-state index contributed by atoms with van der Waals surface area (Å²) >= 11 is 1.40. The van der Waals surface area contributed by atoms with Gasteiger partial charge in [-0.2, -0.15) is 5.10 Å². The van der Waals surface area contributed by atoms with Crippen LogP contribution in [0.2, 0.25) is 0 Å². The Morgan fingerprint density at radius 2 is 2.12 bits per heavy atom. The van der Waals surface area contributed by atoms with Gasteiger partial charge in [0.05, 0.1) is 22.3 Å². The monoisotopic (exact) mass is 349 g/mol. The van der Waals surface area contributed by atoms with E-state index in [2.05, 4.69) is 10.4 Å². The first-order valence-corrected chi connectivity index (χ1v) is 8.01. The second kappa shape index (κ2) is 6.48. The number of hydrogen-bond acceptors (Lipinski definition) is 4. The maximum atomic E-state index is 13.3. The Morgan fingerprint density at radius 3 is 2.88 bits per heavy atom. The highest BCUT2D eigenvalue weighted by Crippen LogP contribution is 2.16. The van der Waals surface area contributed by atoms with Crippen molar-refractivity contribution >= 4 is 27.3 Å². The summed E-state index contributed by atoms with van der Waals surface area (Å²) in [5.41, 5.74) is 0.0835. The van der Waals surface area contributed by atoms with Crippen LogP contribution in [0, 0.1) is 11.6 Å². The molecule has 3 aromatic rings. The SMILES string of the molecule is C[C@H](NC(=O)Cn1ncc2sccc2c1=O)c1ccc(F)c(F)c1. The van der Waals surface area contributed by atoms with Crippen molar-refractivity contribution in [2.45, 2.75) is 19.5 Å². The third-order valence-corrected chi connectivity index (χ3v) is 4.44. The van der Waals surface area contributed by atoms with E-state index in [1.54, 1.807) is 18.4 Å². The highest BCUT2D eigenvalue weighted by molar-refractivity contribution is 7.17. The van der Waals surface area contributed by atoms with Crippen LogP contribution in [0.25, 0.3) is 10.1 Å². The number of rotatable bonds is 4. The largest absolute Gasteiger partial charge is 0.348 e. The molecule has 24 heavy (non-hydrogen) atoms. The second-order valence-electron chi connectivity index (χ2n) is 5.27. The van der Waals surface area contributed by atoms with Gasteiger partial charge in [0.1, 0.15) is 6.54 Å². The van der Waals surface area contributed by atoms with E-state index in [0.29, 0.717) is 10.9 Å². The molecule has 0 saturated carbocycles. The van der Waals surface area contributed by atoms with E-state index in [-0.39, 0.29) is 12.1 Å². The summed E-state index contributed by atoms with van der Waals surface area (Å²) in [5.74, 6) is -2.37. The van der Waals surface area contributed by atoms with E-state index in [4.69, 9.17) is 0 Å². The summed E-state index contributed by atoms with van der Waals surface area (Å²) in [6.45, 7) is 1.39. The maximum Gasteiger partial charge on any atom is 0.275 e. The molecular weight excluding hydrogens is 336 g/mol. The maximum absolute atomic E-state index is 13.3. The van der Waals surface area contributed by atoms with E-state index < -0.39 is 23.6 Å². The molecule has 0 saturated heterocycles. The molecule has 5 nitrogen and oxygen atoms in total. The van der Waals surface area contributed by atoms with Crippen LogP contribution in [0.1, 0.15) is 18.5 Å². The van der Waals surface area contributed by atoms with Crippen LogP contribution in [0.5, 0.6) is 0 Å². The number of halogens is 2. The second-order valence-corrected chi connectivity index (χ2v) is 6.22. The van der Waals surface area contributed by atoms with Crippen LogP contribution >= 0.6 is 11.3 Å². The Balaban J connectivity index is 1.73. The van der Waals surface area contributed by atoms with Crippen molar-refractivity contribution in [1.82, 2.24) is 15.1 Å². The molecule has 0 aliphatic carbocycles. The van der Waals surface area contributed by atoms with Crippen LogP contribution in [-0.4, -0.2) is 15.7 Å². The van der Waals surface area contributed by atoms with E-state index in [1.807, 2.05) is 0 Å². The van der Waals surface area contributed by atoms with Crippen LogP contribution in [0.3, 0.4) is 0 Å². The van der Waals surface area contributed by atoms with Gasteiger partial charge in [0.2, 0.25) is 5.91 Å². The summed E-state index contributed by atoms with van der Waals surface area (Å²) in [5, 5.41) is 8.90. The molecule has 1 amide bonds. The van der Waals surface area contributed by atoms with Crippen molar-refractivity contribution in [1.29, 1.82) is 0 Å². The summed E-state index contributed by atoms with van der Waals surface area (Å²) in [6.07, 6.45) is 1.54. The highest BCUT2D eigenvalue weighted by Gasteiger charge is 2.14. The summed E-state index contributed by atoms with van der Waals surface area (Å²) in [7, 11) is 0. The number of amides is 1. The van der Waals surface area contributed by atoms with Gasteiger partial charge >= 0.3 is 0 Å². The molecule has 0 bridgehead atoms. The van der Waals surface area contributed by atoms with Gasteiger partial charge in [0.15, 0.2) is 11.6 Å². The molecule has 0 aliphatic heterocycles. The topological polar surface area (TPSA) is 64.0 Å². The Bertz CT molecular complexity index is 967. The Labute approximate surface area is 139 Å². The first-order valence-electron chi connectivity index (χ1n) is 7.13. The molecule has 124 valence electrons. The summed E-state index contributed by atoms with van der Waals surface area (Å²) in [6, 6.07) is 4.58. The minimum absolute atomic E-state index is 0.251. The molecule has 0 fully saturated rings. The zero-order chi connectivity index (χ0) is 17.3. The molecule has 8 heteroatoms. The van der Waals surface area contributed by atoms with Crippen molar-refractivity contribution < 1.29 is 13.6 Å². The number of aromatic nitrogens is 2. The van der Waals surface area contributed by atoms with Crippen molar-refractivity contribution in [3.63, 3.8) is 0 Å². The summed E-state index contributed by atoms with van der Waals surface area (Å²) < 4.78 is 28.0. The smallest absolute Gasteiger partial charge is 0.275 e. The van der Waals surface area contributed by atoms with Crippen LogP contribution < -0.4 is 10.9 Å². The van der Waals surface area contributed by atoms with Crippen LogP contribution in [0.4, 0.5) is 8.78 Å². The Kier molecular flexibility index (Phi) is 4.39. The molecule has 1 aromatic carbocycles. The first kappa shape index (κ1) is 16.3. The molecule has 0 radical (unpaired) electrons. The highest BCUT2D eigenvalue weighted by atomic mass is 32.1. The molecule has 1 atom stereocenters. The number of carbonyl (C=O) groups is 1. The van der Waals surface area contributed by atoms with Gasteiger partial charge in [-0.15, -0.1) is 11.3 Å². The van der Waals surface area contributed by atoms with Crippen molar-refractivity contribution in [2.24, 2.45) is 0 Å². The molecule has 2 aromatic heterocycles. The van der Waals surface area contributed by atoms with Crippen molar-refractivity contribution in [3.05, 3.63) is 63.4 Å². The molecule has 1 N–H and O–H groups in total. The number of thiophene rings is 1. The lowest BCUT2D eigenvalue weighted by Gasteiger charge is -2.15. The van der Waals surface area contributed by atoms with Gasteiger partial charge in [0.25, 0.3) is 5.56 Å². The minimum Gasteiger partial charge on any atom is -0.348 e. The lowest BCUT2D eigenvalue weighted by atomic mass is 10.1. The Hall–Kier alpha value is -2.61. The van der Waals surface area contributed by atoms with E-state index >= 15 is 0 Å². The fourth-order valence-electron chi connectivity index (χ4n) is 2.31. The van der Waals surface area contributed by atoms with E-state index in [0.717, 1.165) is 21.5 Å². The minimum atomic E-state index is -0.977. The molecule has 2 heterocycles. The summed E-state index contributed by atoms with van der Waals surface area (Å²) in [4.78, 5) is 24.3. The van der Waals surface area contributed by atoms with Gasteiger partial charge in [-0.05, 0) is 36.1 Å². The van der Waals surface area contributed by atoms with E-state index in [9.17, 15) is 18.4 Å². The lowest BCUT2D eigenvalue weighted by molar-refractivity contribution is -0.122. The number of benzene rings is 1. The van der Waals surface area contributed by atoms with Crippen molar-refractivity contribution in [2.75, 3.05) is 0 Å². The number of nitrogens with one attached hydrogen (secondary N) is 1.